The van der Waals surface area contributed by atoms with Gasteiger partial charge in [0.2, 0.25) is 0 Å². The minimum atomic E-state index is -0.610. The molecule has 2 atom stereocenters. The zero-order chi connectivity index (χ0) is 47.2. The highest BCUT2D eigenvalue weighted by Gasteiger charge is 2.40. The van der Waals surface area contributed by atoms with Gasteiger partial charge in [-0.05, 0) is 123 Å². The molecule has 2 aliphatic carbocycles. The molecule has 0 N–H and O–H groups in total. The first-order chi connectivity index (χ1) is 30.3. The van der Waals surface area contributed by atoms with Crippen molar-refractivity contribution in [1.29, 1.82) is 0 Å². The van der Waals surface area contributed by atoms with Gasteiger partial charge in [-0.15, -0.1) is 0 Å². The number of carbonyl (C=O) groups is 4. The van der Waals surface area contributed by atoms with Gasteiger partial charge >= 0.3 is 11.9 Å². The molecule has 8 nitrogen and oxygen atoms in total. The van der Waals surface area contributed by atoms with E-state index in [0.717, 1.165) is 33.4 Å². The van der Waals surface area contributed by atoms with E-state index in [9.17, 15) is 19.2 Å². The number of Topliss-reactive ketones (excluding diaryl/α,β-unsaturated/α-hetero) is 2. The normalized spacial score (nSPS) is 20.1. The van der Waals surface area contributed by atoms with Gasteiger partial charge in [0, 0.05) is 12.8 Å². The standard InChI is InChI=1S/C56H64O8/c1-37(19-15-21-39(3)23-33-47-41(5)51(57)49(35-55(47,7)8)63-45-29-25-43(26-30-45)53(59)61-11)17-13-14-18-38(2)20-16-22-40(4)24-34-48-42(6)52(58)50(36-56(48,9)10)64-46-31-27-44(28-32-46)54(60)62-12/h13-34,49-50H,35-36H2,1-12H3. The number of carbonyl (C=O) groups excluding carboxylic acids is 4. The highest BCUT2D eigenvalue weighted by Crippen LogP contribution is 2.42. The van der Waals surface area contributed by atoms with Gasteiger partial charge in [0.05, 0.1) is 25.3 Å². The van der Waals surface area contributed by atoms with Gasteiger partial charge in [0.15, 0.2) is 23.8 Å². The minimum absolute atomic E-state index is 0.0393. The van der Waals surface area contributed by atoms with Gasteiger partial charge in [-0.25, -0.2) is 9.59 Å². The van der Waals surface area contributed by atoms with Crippen LogP contribution in [0.1, 0.15) is 103 Å². The maximum atomic E-state index is 13.4. The summed E-state index contributed by atoms with van der Waals surface area (Å²) in [4.78, 5) is 50.3. The molecule has 0 radical (unpaired) electrons. The third kappa shape index (κ3) is 14.0. The summed E-state index contributed by atoms with van der Waals surface area (Å²) in [7, 11) is 2.68. The summed E-state index contributed by atoms with van der Waals surface area (Å²) in [6.45, 7) is 20.4. The topological polar surface area (TPSA) is 105 Å². The van der Waals surface area contributed by atoms with Crippen molar-refractivity contribution in [2.75, 3.05) is 14.2 Å². The molecule has 0 saturated heterocycles. The maximum Gasteiger partial charge on any atom is 0.337 e. The molecular weight excluding hydrogens is 801 g/mol. The summed E-state index contributed by atoms with van der Waals surface area (Å²) in [5.41, 5.74) is 7.95. The molecule has 0 fully saturated rings. The van der Waals surface area contributed by atoms with E-state index in [1.807, 2.05) is 88.5 Å². The first kappa shape index (κ1) is 50.1. The maximum absolute atomic E-state index is 13.4. The highest BCUT2D eigenvalue weighted by molar-refractivity contribution is 6.01. The van der Waals surface area contributed by atoms with Crippen molar-refractivity contribution >= 4 is 23.5 Å². The van der Waals surface area contributed by atoms with Gasteiger partial charge in [0.1, 0.15) is 11.5 Å². The average molecular weight is 865 g/mol. The second-order valence-electron chi connectivity index (χ2n) is 17.6. The van der Waals surface area contributed by atoms with E-state index in [-0.39, 0.29) is 22.4 Å². The summed E-state index contributed by atoms with van der Waals surface area (Å²) in [6, 6.07) is 13.3. The van der Waals surface area contributed by atoms with Crippen molar-refractivity contribution in [2.24, 2.45) is 10.8 Å². The predicted molar refractivity (Wildman–Crippen MR) is 257 cm³/mol. The Morgan fingerprint density at radius 3 is 1.16 bits per heavy atom. The fourth-order valence-electron chi connectivity index (χ4n) is 7.66. The zero-order valence-corrected chi connectivity index (χ0v) is 39.5. The molecule has 0 amide bonds. The van der Waals surface area contributed by atoms with E-state index in [1.165, 1.54) is 14.2 Å². The first-order valence-electron chi connectivity index (χ1n) is 21.6. The molecule has 2 aromatic rings. The van der Waals surface area contributed by atoms with Crippen molar-refractivity contribution in [2.45, 2.75) is 94.3 Å². The number of ether oxygens (including phenoxy) is 4. The number of hydrogen-bond donors (Lipinski definition) is 0. The number of rotatable bonds is 16. The van der Waals surface area contributed by atoms with Crippen LogP contribution >= 0.6 is 0 Å². The Labute approximate surface area is 380 Å². The van der Waals surface area contributed by atoms with Gasteiger partial charge in [-0.3, -0.25) is 9.59 Å². The van der Waals surface area contributed by atoms with Crippen LogP contribution < -0.4 is 9.47 Å². The first-order valence-corrected chi connectivity index (χ1v) is 21.6. The molecule has 0 saturated carbocycles. The van der Waals surface area contributed by atoms with Gasteiger partial charge in [0.25, 0.3) is 0 Å². The van der Waals surface area contributed by atoms with Crippen molar-refractivity contribution in [1.82, 2.24) is 0 Å². The van der Waals surface area contributed by atoms with Crippen LogP contribution in [0.15, 0.2) is 178 Å². The molecule has 0 bridgehead atoms. The minimum Gasteiger partial charge on any atom is -0.482 e. The Morgan fingerprint density at radius 1 is 0.516 bits per heavy atom. The zero-order valence-electron chi connectivity index (χ0n) is 39.5. The third-order valence-corrected chi connectivity index (χ3v) is 11.4. The van der Waals surface area contributed by atoms with E-state index in [4.69, 9.17) is 18.9 Å². The van der Waals surface area contributed by atoms with Crippen LogP contribution in [-0.4, -0.2) is 49.9 Å². The quantitative estimate of drug-likeness (QED) is 0.121. The summed E-state index contributed by atoms with van der Waals surface area (Å²) >= 11 is 0. The molecular formula is C56H64O8. The van der Waals surface area contributed by atoms with Crippen molar-refractivity contribution in [3.05, 3.63) is 189 Å². The van der Waals surface area contributed by atoms with Crippen LogP contribution in [0, 0.1) is 10.8 Å². The van der Waals surface area contributed by atoms with Crippen LogP contribution in [0.4, 0.5) is 0 Å². The summed E-state index contributed by atoms with van der Waals surface area (Å²) < 4.78 is 21.7. The van der Waals surface area contributed by atoms with Crippen LogP contribution in [0.2, 0.25) is 0 Å². The highest BCUT2D eigenvalue weighted by atomic mass is 16.5. The van der Waals surface area contributed by atoms with E-state index in [2.05, 4.69) is 65.8 Å². The lowest BCUT2D eigenvalue weighted by molar-refractivity contribution is -0.124. The number of ketones is 2. The fraction of sp³-hybridized carbons (Fsp3) is 0.321. The van der Waals surface area contributed by atoms with Crippen molar-refractivity contribution < 1.29 is 38.1 Å². The third-order valence-electron chi connectivity index (χ3n) is 11.4. The number of esters is 2. The Morgan fingerprint density at radius 2 is 0.828 bits per heavy atom. The van der Waals surface area contributed by atoms with E-state index < -0.39 is 24.1 Å². The van der Waals surface area contributed by atoms with Crippen LogP contribution in [0.25, 0.3) is 0 Å². The average Bonchev–Trinajstić information content (AvgIpc) is 3.25. The Hall–Kier alpha value is -6.54. The summed E-state index contributed by atoms with van der Waals surface area (Å²) in [6.07, 6.45) is 28.4. The number of allylic oxidation sites excluding steroid dienone is 20. The lowest BCUT2D eigenvalue weighted by Crippen LogP contribution is -2.39. The molecule has 2 aliphatic rings. The van der Waals surface area contributed by atoms with Crippen molar-refractivity contribution in [3.63, 3.8) is 0 Å². The molecule has 336 valence electrons. The SMILES string of the molecule is COC(=O)c1ccc(OC2CC(C)(C)C(C=CC(C)=CC=CC(C)=CC=CC=C(C)C=CC=C(C)C=CC3=C(C)C(=O)C(Oc4ccc(C(=O)OC)cc4)CC3(C)C)=C(C)C2=O)cc1. The summed E-state index contributed by atoms with van der Waals surface area (Å²) in [5, 5.41) is 0. The Balaban J connectivity index is 1.28. The Bertz CT molecular complexity index is 2240. The molecule has 0 aliphatic heterocycles. The molecule has 8 heteroatoms. The number of methoxy groups -OCH3 is 2. The molecule has 0 heterocycles. The molecule has 4 rings (SSSR count). The second-order valence-corrected chi connectivity index (χ2v) is 17.6. The molecule has 64 heavy (non-hydrogen) atoms. The predicted octanol–water partition coefficient (Wildman–Crippen LogP) is 12.7. The molecule has 0 aromatic heterocycles. The number of hydrogen-bond acceptors (Lipinski definition) is 8. The van der Waals surface area contributed by atoms with Crippen LogP contribution in [0.5, 0.6) is 11.5 Å². The lowest BCUT2D eigenvalue weighted by atomic mass is 9.71. The summed E-state index contributed by atoms with van der Waals surface area (Å²) in [5.74, 6) is 0.140. The lowest BCUT2D eigenvalue weighted by Gasteiger charge is -2.36. The second kappa shape index (κ2) is 22.7. The fourth-order valence-corrected chi connectivity index (χ4v) is 7.66. The largest absolute Gasteiger partial charge is 0.482 e. The van der Waals surface area contributed by atoms with Crippen LogP contribution in [0.3, 0.4) is 0 Å². The Kier molecular flexibility index (Phi) is 17.8. The molecule has 2 unspecified atom stereocenters. The van der Waals surface area contributed by atoms with Gasteiger partial charge in [-0.2, -0.15) is 0 Å². The smallest absolute Gasteiger partial charge is 0.337 e. The van der Waals surface area contributed by atoms with E-state index in [1.54, 1.807) is 48.5 Å². The van der Waals surface area contributed by atoms with Gasteiger partial charge in [-0.1, -0.05) is 135 Å². The molecule has 2 aromatic carbocycles. The van der Waals surface area contributed by atoms with E-state index >= 15 is 0 Å². The monoisotopic (exact) mass is 864 g/mol. The van der Waals surface area contributed by atoms with Gasteiger partial charge < -0.3 is 18.9 Å². The van der Waals surface area contributed by atoms with Crippen LogP contribution in [-0.2, 0) is 19.1 Å². The van der Waals surface area contributed by atoms with Crippen molar-refractivity contribution in [3.8, 4) is 11.5 Å². The molecule has 0 spiro atoms. The van der Waals surface area contributed by atoms with E-state index in [0.29, 0.717) is 46.6 Å². The number of benzene rings is 2.